The Labute approximate surface area is 203 Å². The summed E-state index contributed by atoms with van der Waals surface area (Å²) in [4.78, 5) is 40.2. The lowest BCUT2D eigenvalue weighted by atomic mass is 10.1. The van der Waals surface area contributed by atoms with Crippen LogP contribution in [0.15, 0.2) is 27.8 Å². The zero-order valence-electron chi connectivity index (χ0n) is 20.2. The first-order chi connectivity index (χ1) is 16.7. The standard InChI is InChI=1S/C23H31N7O5/c1-23(2,3)34-22(33)27-20(26-21(31)32)30-12-9-16(14-30)19-25-18(28-35-19)15-7-8-17(24-13-15)29-10-5-4-6-11-29/h7-8,13,16H,4-6,9-12,14H2,1-3H3,(H,31,32)(H,26,27,33). The summed E-state index contributed by atoms with van der Waals surface area (Å²) in [6.45, 7) is 7.98. The summed E-state index contributed by atoms with van der Waals surface area (Å²) in [5.74, 6) is 1.60. The van der Waals surface area contributed by atoms with E-state index in [-0.39, 0.29) is 11.9 Å². The summed E-state index contributed by atoms with van der Waals surface area (Å²) in [6, 6.07) is 3.92. The molecular weight excluding hydrogens is 454 g/mol. The number of carbonyl (C=O) groups is 2. The minimum atomic E-state index is -1.32. The fourth-order valence-corrected chi connectivity index (χ4v) is 4.15. The van der Waals surface area contributed by atoms with Crippen molar-refractivity contribution in [3.63, 3.8) is 0 Å². The predicted octanol–water partition coefficient (Wildman–Crippen LogP) is 3.47. The van der Waals surface area contributed by atoms with Gasteiger partial charge in [-0.05, 0) is 58.6 Å². The Morgan fingerprint density at radius 3 is 2.63 bits per heavy atom. The van der Waals surface area contributed by atoms with Gasteiger partial charge in [0.25, 0.3) is 0 Å². The highest BCUT2D eigenvalue weighted by molar-refractivity contribution is 5.98. The number of pyridine rings is 1. The maximum atomic E-state index is 12.1. The first-order valence-electron chi connectivity index (χ1n) is 11.8. The number of likely N-dealkylation sites (tertiary alicyclic amines) is 1. The van der Waals surface area contributed by atoms with Crippen molar-refractivity contribution in [1.82, 2.24) is 25.3 Å². The number of hydrogen-bond acceptors (Lipinski definition) is 8. The second-order valence-corrected chi connectivity index (χ2v) is 9.69. The van der Waals surface area contributed by atoms with Crippen LogP contribution in [0.3, 0.4) is 0 Å². The number of guanidine groups is 1. The van der Waals surface area contributed by atoms with Crippen LogP contribution < -0.4 is 10.2 Å². The van der Waals surface area contributed by atoms with Crippen molar-refractivity contribution in [2.75, 3.05) is 31.1 Å². The van der Waals surface area contributed by atoms with Gasteiger partial charge in [0.1, 0.15) is 11.4 Å². The number of carboxylic acid groups (broad SMARTS) is 1. The molecule has 1 unspecified atom stereocenters. The molecule has 0 spiro atoms. The summed E-state index contributed by atoms with van der Waals surface area (Å²) in [5.41, 5.74) is 0.0130. The maximum Gasteiger partial charge on any atom is 0.437 e. The fraction of sp³-hybridized carbons (Fsp3) is 0.565. The smallest absolute Gasteiger partial charge is 0.437 e. The van der Waals surface area contributed by atoms with E-state index in [1.54, 1.807) is 31.9 Å². The Hall–Kier alpha value is -3.70. The van der Waals surface area contributed by atoms with Crippen molar-refractivity contribution in [3.8, 4) is 11.4 Å². The Balaban J connectivity index is 1.42. The number of aliphatic imine (C=N–C) groups is 1. The van der Waals surface area contributed by atoms with E-state index in [1.165, 1.54) is 19.3 Å². The molecule has 0 saturated carbocycles. The van der Waals surface area contributed by atoms with Gasteiger partial charge in [-0.15, -0.1) is 4.99 Å². The molecule has 4 heterocycles. The van der Waals surface area contributed by atoms with Crippen molar-refractivity contribution in [2.45, 2.75) is 58.0 Å². The van der Waals surface area contributed by atoms with Crippen molar-refractivity contribution < 1.29 is 24.0 Å². The highest BCUT2D eigenvalue weighted by Gasteiger charge is 2.32. The second kappa shape index (κ2) is 10.3. The van der Waals surface area contributed by atoms with Gasteiger partial charge in [-0.2, -0.15) is 4.98 Å². The van der Waals surface area contributed by atoms with Gasteiger partial charge in [0, 0.05) is 37.9 Å². The van der Waals surface area contributed by atoms with E-state index in [9.17, 15) is 14.7 Å². The van der Waals surface area contributed by atoms with Gasteiger partial charge >= 0.3 is 12.2 Å². The van der Waals surface area contributed by atoms with E-state index in [4.69, 9.17) is 9.26 Å². The largest absolute Gasteiger partial charge is 0.465 e. The molecule has 0 bridgehead atoms. The topological polar surface area (TPSA) is 146 Å². The summed E-state index contributed by atoms with van der Waals surface area (Å²) in [5, 5.41) is 15.5. The first-order valence-corrected chi connectivity index (χ1v) is 11.8. The molecule has 2 fully saturated rings. The molecular formula is C23H31N7O5. The van der Waals surface area contributed by atoms with Crippen molar-refractivity contribution >= 4 is 24.0 Å². The third-order valence-electron chi connectivity index (χ3n) is 5.77. The lowest BCUT2D eigenvalue weighted by molar-refractivity contribution is 0.0601. The van der Waals surface area contributed by atoms with Crippen molar-refractivity contribution in [1.29, 1.82) is 0 Å². The molecule has 2 N–H and O–H groups in total. The van der Waals surface area contributed by atoms with Gasteiger partial charge in [-0.3, -0.25) is 5.32 Å². The first kappa shape index (κ1) is 24.4. The molecule has 12 heteroatoms. The Morgan fingerprint density at radius 1 is 1.20 bits per heavy atom. The van der Waals surface area contributed by atoms with E-state index in [1.807, 2.05) is 12.1 Å². The molecule has 0 radical (unpaired) electrons. The lowest BCUT2D eigenvalue weighted by Crippen LogP contribution is -2.43. The van der Waals surface area contributed by atoms with Gasteiger partial charge in [0.05, 0.1) is 5.92 Å². The van der Waals surface area contributed by atoms with Crippen LogP contribution in [-0.2, 0) is 4.74 Å². The summed E-state index contributed by atoms with van der Waals surface area (Å²) in [7, 11) is 0. The summed E-state index contributed by atoms with van der Waals surface area (Å²) < 4.78 is 10.7. The summed E-state index contributed by atoms with van der Waals surface area (Å²) >= 11 is 0. The van der Waals surface area contributed by atoms with Crippen LogP contribution in [0.4, 0.5) is 15.4 Å². The predicted molar refractivity (Wildman–Crippen MR) is 127 cm³/mol. The monoisotopic (exact) mass is 485 g/mol. The Bertz CT molecular complexity index is 1070. The van der Waals surface area contributed by atoms with E-state index in [0.717, 1.165) is 24.5 Å². The number of piperidine rings is 1. The number of rotatable bonds is 3. The highest BCUT2D eigenvalue weighted by Crippen LogP contribution is 2.28. The van der Waals surface area contributed by atoms with Gasteiger partial charge in [-0.25, -0.2) is 14.6 Å². The van der Waals surface area contributed by atoms with Gasteiger partial charge in [0.2, 0.25) is 17.7 Å². The van der Waals surface area contributed by atoms with Crippen LogP contribution in [-0.4, -0.2) is 75.1 Å². The zero-order chi connectivity index (χ0) is 25.0. The molecule has 0 aliphatic carbocycles. The van der Waals surface area contributed by atoms with E-state index in [0.29, 0.717) is 31.2 Å². The molecule has 2 aromatic heterocycles. The molecule has 2 aliphatic rings. The number of carbonyl (C=O) groups excluding carboxylic acids is 1. The molecule has 2 aromatic rings. The minimum absolute atomic E-state index is 0.0912. The van der Waals surface area contributed by atoms with E-state index >= 15 is 0 Å². The number of aromatic nitrogens is 3. The zero-order valence-corrected chi connectivity index (χ0v) is 20.2. The van der Waals surface area contributed by atoms with Crippen LogP contribution in [0.5, 0.6) is 0 Å². The molecule has 1 atom stereocenters. The number of anilines is 1. The third kappa shape index (κ3) is 6.46. The minimum Gasteiger partial charge on any atom is -0.465 e. The van der Waals surface area contributed by atoms with Gasteiger partial charge in [-0.1, -0.05) is 5.16 Å². The number of nitrogens with one attached hydrogen (secondary N) is 1. The molecule has 2 amide bonds. The molecule has 188 valence electrons. The van der Waals surface area contributed by atoms with Crippen molar-refractivity contribution in [2.24, 2.45) is 4.99 Å². The Kier molecular flexibility index (Phi) is 7.17. The quantitative estimate of drug-likeness (QED) is 0.489. The Morgan fingerprint density at radius 2 is 1.97 bits per heavy atom. The normalized spacial score (nSPS) is 19.1. The van der Waals surface area contributed by atoms with Crippen LogP contribution in [0.2, 0.25) is 0 Å². The molecule has 4 rings (SSSR count). The molecule has 2 saturated heterocycles. The second-order valence-electron chi connectivity index (χ2n) is 9.69. The van der Waals surface area contributed by atoms with Gasteiger partial charge in [0.15, 0.2) is 0 Å². The summed E-state index contributed by atoms with van der Waals surface area (Å²) in [6.07, 6.45) is 3.82. The number of amides is 2. The van der Waals surface area contributed by atoms with Crippen molar-refractivity contribution in [3.05, 3.63) is 24.2 Å². The van der Waals surface area contributed by atoms with Gasteiger partial charge < -0.3 is 24.2 Å². The number of nitrogens with zero attached hydrogens (tertiary/aromatic N) is 6. The molecule has 12 nitrogen and oxygen atoms in total. The number of ether oxygens (including phenoxy) is 1. The highest BCUT2D eigenvalue weighted by atomic mass is 16.6. The van der Waals surface area contributed by atoms with Crippen LogP contribution in [0, 0.1) is 0 Å². The van der Waals surface area contributed by atoms with E-state index < -0.39 is 17.8 Å². The molecule has 2 aliphatic heterocycles. The third-order valence-corrected chi connectivity index (χ3v) is 5.77. The fourth-order valence-electron chi connectivity index (χ4n) is 4.15. The van der Waals surface area contributed by atoms with Crippen LogP contribution in [0.25, 0.3) is 11.4 Å². The molecule has 35 heavy (non-hydrogen) atoms. The number of hydrogen-bond donors (Lipinski definition) is 2. The maximum absolute atomic E-state index is 12.1. The SMILES string of the molecule is CC(C)(C)OC(=O)N=C(NC(=O)O)N1CCC(c2nc(-c3ccc(N4CCCCC4)nc3)no2)C1. The molecule has 0 aromatic carbocycles. The van der Waals surface area contributed by atoms with Crippen LogP contribution >= 0.6 is 0 Å². The van der Waals surface area contributed by atoms with Crippen LogP contribution in [0.1, 0.15) is 58.3 Å². The van der Waals surface area contributed by atoms with E-state index in [2.05, 4.69) is 30.3 Å². The lowest BCUT2D eigenvalue weighted by Gasteiger charge is -2.27. The average molecular weight is 486 g/mol. The average Bonchev–Trinajstić information content (AvgIpc) is 3.48.